The first-order chi connectivity index (χ1) is 5.88. The van der Waals surface area contributed by atoms with Crippen molar-refractivity contribution in [2.45, 2.75) is 33.0 Å². The van der Waals surface area contributed by atoms with Crippen LogP contribution < -0.4 is 0 Å². The van der Waals surface area contributed by atoms with Gasteiger partial charge in [0.25, 0.3) is 0 Å². The van der Waals surface area contributed by atoms with E-state index >= 15 is 0 Å². The van der Waals surface area contributed by atoms with E-state index in [0.717, 1.165) is 0 Å². The van der Waals surface area contributed by atoms with Crippen LogP contribution >= 0.6 is 17.0 Å². The van der Waals surface area contributed by atoms with Gasteiger partial charge >= 0.3 is 0 Å². The normalized spacial score (nSPS) is 23.6. The van der Waals surface area contributed by atoms with Crippen LogP contribution in [-0.4, -0.2) is 6.10 Å². The maximum atomic E-state index is 5.30. The van der Waals surface area contributed by atoms with E-state index in [2.05, 4.69) is 19.1 Å². The lowest BCUT2D eigenvalue weighted by Crippen LogP contribution is -1.80. The molecule has 1 aliphatic rings. The molecule has 74 valence electrons. The highest BCUT2D eigenvalue weighted by molar-refractivity contribution is 8.93. The van der Waals surface area contributed by atoms with Crippen LogP contribution in [0.4, 0.5) is 0 Å². The van der Waals surface area contributed by atoms with Crippen LogP contribution in [0.1, 0.15) is 32.4 Å². The quantitative estimate of drug-likeness (QED) is 0.686. The van der Waals surface area contributed by atoms with Gasteiger partial charge in [0, 0.05) is 0 Å². The minimum absolute atomic E-state index is 0. The first-order valence-electron chi connectivity index (χ1n) is 4.58. The average Bonchev–Trinajstić information content (AvgIpc) is 2.88. The number of hydrogen-bond donors (Lipinski definition) is 0. The molecule has 2 atom stereocenters. The van der Waals surface area contributed by atoms with Crippen molar-refractivity contribution in [3.63, 3.8) is 0 Å². The summed E-state index contributed by atoms with van der Waals surface area (Å²) < 4.78 is 5.30. The highest BCUT2D eigenvalue weighted by Crippen LogP contribution is 2.37. The molecule has 1 aromatic rings. The first kappa shape index (κ1) is 12.7. The highest BCUT2D eigenvalue weighted by Gasteiger charge is 2.35. The smallest absolute Gasteiger partial charge is 0.109 e. The van der Waals surface area contributed by atoms with Crippen molar-refractivity contribution in [1.82, 2.24) is 0 Å². The van der Waals surface area contributed by atoms with E-state index in [9.17, 15) is 0 Å². The van der Waals surface area contributed by atoms with Crippen LogP contribution in [0, 0.1) is 0 Å². The van der Waals surface area contributed by atoms with Gasteiger partial charge in [-0.15, -0.1) is 17.0 Å². The van der Waals surface area contributed by atoms with E-state index in [0.29, 0.717) is 12.2 Å². The van der Waals surface area contributed by atoms with Crippen LogP contribution in [0.15, 0.2) is 30.3 Å². The molecule has 1 saturated heterocycles. The van der Waals surface area contributed by atoms with E-state index < -0.39 is 0 Å². The molecular weight excluding hydrogens is 228 g/mol. The number of epoxide rings is 1. The molecule has 0 radical (unpaired) electrons. The second-order valence-corrected chi connectivity index (χ2v) is 2.67. The zero-order chi connectivity index (χ0) is 8.97. The molecule has 1 nitrogen and oxygen atoms in total. The van der Waals surface area contributed by atoms with Crippen molar-refractivity contribution in [3.8, 4) is 0 Å². The zero-order valence-corrected chi connectivity index (χ0v) is 10.1. The third-order valence-corrected chi connectivity index (χ3v) is 1.84. The summed E-state index contributed by atoms with van der Waals surface area (Å²) in [4.78, 5) is 0. The van der Waals surface area contributed by atoms with Crippen molar-refractivity contribution < 1.29 is 4.74 Å². The predicted molar refractivity (Wildman–Crippen MR) is 61.4 cm³/mol. The van der Waals surface area contributed by atoms with Crippen molar-refractivity contribution in [1.29, 1.82) is 0 Å². The van der Waals surface area contributed by atoms with Crippen molar-refractivity contribution in [3.05, 3.63) is 35.9 Å². The lowest BCUT2D eigenvalue weighted by Gasteiger charge is -1.90. The van der Waals surface area contributed by atoms with Gasteiger partial charge in [-0.05, 0) is 12.5 Å². The molecule has 1 aromatic carbocycles. The molecule has 0 amide bonds. The predicted octanol–water partition coefficient (Wildman–Crippen LogP) is 3.75. The summed E-state index contributed by atoms with van der Waals surface area (Å²) in [7, 11) is 0. The van der Waals surface area contributed by atoms with Crippen LogP contribution in [0.3, 0.4) is 0 Å². The summed E-state index contributed by atoms with van der Waals surface area (Å²) in [6.45, 7) is 6.09. The van der Waals surface area contributed by atoms with Gasteiger partial charge in [0.1, 0.15) is 6.10 Å². The maximum absolute atomic E-state index is 5.30. The second kappa shape index (κ2) is 6.17. The van der Waals surface area contributed by atoms with Gasteiger partial charge in [-0.1, -0.05) is 44.2 Å². The summed E-state index contributed by atoms with van der Waals surface area (Å²) in [6, 6.07) is 10.3. The molecular formula is C11H17BrO. The van der Waals surface area contributed by atoms with E-state index in [1.54, 1.807) is 0 Å². The number of benzene rings is 1. The van der Waals surface area contributed by atoms with Gasteiger partial charge in [-0.3, -0.25) is 0 Å². The number of ether oxygens (including phenoxy) is 1. The lowest BCUT2D eigenvalue weighted by molar-refractivity contribution is 0.383. The Morgan fingerprint density at radius 3 is 1.92 bits per heavy atom. The summed E-state index contributed by atoms with van der Waals surface area (Å²) in [5, 5.41) is 0. The van der Waals surface area contributed by atoms with Crippen LogP contribution in [0.5, 0.6) is 0 Å². The molecule has 2 rings (SSSR count). The van der Waals surface area contributed by atoms with Crippen molar-refractivity contribution in [2.24, 2.45) is 0 Å². The number of halogens is 1. The van der Waals surface area contributed by atoms with Gasteiger partial charge in [0.05, 0.1) is 6.10 Å². The van der Waals surface area contributed by atoms with E-state index in [1.807, 2.05) is 32.0 Å². The molecule has 0 spiro atoms. The average molecular weight is 245 g/mol. The Labute approximate surface area is 90.9 Å². The largest absolute Gasteiger partial charge is 0.365 e. The molecule has 0 saturated carbocycles. The fourth-order valence-electron chi connectivity index (χ4n) is 1.18. The fourth-order valence-corrected chi connectivity index (χ4v) is 1.18. The summed E-state index contributed by atoms with van der Waals surface area (Å²) in [6.07, 6.45) is 0.809. The Morgan fingerprint density at radius 2 is 1.54 bits per heavy atom. The van der Waals surface area contributed by atoms with Gasteiger partial charge in [-0.2, -0.15) is 0 Å². The highest BCUT2D eigenvalue weighted by atomic mass is 79.9. The number of hydrogen-bond acceptors (Lipinski definition) is 1. The minimum Gasteiger partial charge on any atom is -0.365 e. The van der Waals surface area contributed by atoms with Crippen molar-refractivity contribution >= 4 is 17.0 Å². The third kappa shape index (κ3) is 3.49. The molecule has 0 bridgehead atoms. The molecule has 2 unspecified atom stereocenters. The molecule has 1 fully saturated rings. The molecule has 0 aliphatic carbocycles. The summed E-state index contributed by atoms with van der Waals surface area (Å²) in [5.74, 6) is 0. The Kier molecular flexibility index (Phi) is 6.00. The van der Waals surface area contributed by atoms with Gasteiger partial charge in [0.15, 0.2) is 0 Å². The molecule has 1 aliphatic heterocycles. The maximum Gasteiger partial charge on any atom is 0.109 e. The first-order valence-corrected chi connectivity index (χ1v) is 4.58. The molecule has 13 heavy (non-hydrogen) atoms. The van der Waals surface area contributed by atoms with Gasteiger partial charge in [-0.25, -0.2) is 0 Å². The Morgan fingerprint density at radius 1 is 1.08 bits per heavy atom. The molecule has 0 N–H and O–H groups in total. The topological polar surface area (TPSA) is 12.5 Å². The minimum atomic E-state index is 0. The lowest BCUT2D eigenvalue weighted by atomic mass is 10.1. The van der Waals surface area contributed by atoms with E-state index in [-0.39, 0.29) is 17.0 Å². The molecule has 0 aromatic heterocycles. The summed E-state index contributed by atoms with van der Waals surface area (Å²) in [5.41, 5.74) is 1.30. The Balaban J connectivity index is 0.000000451. The van der Waals surface area contributed by atoms with Crippen LogP contribution in [0.2, 0.25) is 0 Å². The second-order valence-electron chi connectivity index (χ2n) is 2.67. The summed E-state index contributed by atoms with van der Waals surface area (Å²) >= 11 is 0. The number of rotatable bonds is 1. The molecule has 1 heterocycles. The van der Waals surface area contributed by atoms with Crippen molar-refractivity contribution in [2.75, 3.05) is 0 Å². The monoisotopic (exact) mass is 244 g/mol. The third-order valence-electron chi connectivity index (χ3n) is 1.84. The Bertz CT molecular complexity index is 223. The molecule has 2 heteroatoms. The Hall–Kier alpha value is -0.340. The van der Waals surface area contributed by atoms with Crippen LogP contribution in [-0.2, 0) is 4.74 Å². The van der Waals surface area contributed by atoms with Gasteiger partial charge in [0.2, 0.25) is 0 Å². The SMILES string of the molecule is Br.CC.CC1OC1c1ccccc1. The standard InChI is InChI=1S/C9H10O.C2H6.BrH/c1-7-9(10-7)8-5-3-2-4-6-8;1-2;/h2-7,9H,1H3;1-2H3;1H. The van der Waals surface area contributed by atoms with E-state index in [1.165, 1.54) is 5.56 Å². The zero-order valence-electron chi connectivity index (χ0n) is 8.36. The van der Waals surface area contributed by atoms with Gasteiger partial charge < -0.3 is 4.74 Å². The van der Waals surface area contributed by atoms with E-state index in [4.69, 9.17) is 4.74 Å². The van der Waals surface area contributed by atoms with Crippen LogP contribution in [0.25, 0.3) is 0 Å². The fraction of sp³-hybridized carbons (Fsp3) is 0.455.